The molecule has 4 heteroatoms. The number of hydrogen-bond donors (Lipinski definition) is 1. The summed E-state index contributed by atoms with van der Waals surface area (Å²) in [6, 6.07) is -0.0366. The Morgan fingerprint density at radius 1 is 1.05 bits per heavy atom. The Labute approximate surface area is 123 Å². The number of carbonyl (C=O) groups is 2. The Hall–Kier alpha value is -0.900. The van der Waals surface area contributed by atoms with Gasteiger partial charge in [0.15, 0.2) is 0 Å². The predicted molar refractivity (Wildman–Crippen MR) is 81.3 cm³/mol. The number of hydrogen-bond acceptors (Lipinski definition) is 3. The molecule has 1 rings (SSSR count). The van der Waals surface area contributed by atoms with E-state index in [1.54, 1.807) is 0 Å². The minimum absolute atomic E-state index is 0.0366. The predicted octanol–water partition coefficient (Wildman–Crippen LogP) is 2.72. The summed E-state index contributed by atoms with van der Waals surface area (Å²) >= 11 is 0. The molecule has 0 atom stereocenters. The molecule has 0 unspecified atom stereocenters. The highest BCUT2D eigenvalue weighted by molar-refractivity contribution is 5.97. The van der Waals surface area contributed by atoms with Crippen LogP contribution >= 0.6 is 0 Å². The number of rotatable bonds is 1. The summed E-state index contributed by atoms with van der Waals surface area (Å²) in [4.78, 5) is 26.1. The second-order valence-electron chi connectivity index (χ2n) is 8.40. The van der Waals surface area contributed by atoms with Crippen molar-refractivity contribution >= 4 is 11.8 Å². The fraction of sp³-hybridized carbons (Fsp3) is 0.875. The number of carbonyl (C=O) groups excluding carboxylic acids is 2. The molecule has 1 N–H and O–H groups in total. The van der Waals surface area contributed by atoms with Gasteiger partial charge in [0.1, 0.15) is 0 Å². The van der Waals surface area contributed by atoms with Crippen LogP contribution in [0.1, 0.15) is 68.2 Å². The van der Waals surface area contributed by atoms with Gasteiger partial charge in [0.25, 0.3) is 0 Å². The monoisotopic (exact) mass is 282 g/mol. The van der Waals surface area contributed by atoms with Crippen molar-refractivity contribution < 1.29 is 9.59 Å². The molecule has 1 aliphatic rings. The Morgan fingerprint density at radius 2 is 1.45 bits per heavy atom. The Bertz CT molecular complexity index is 389. The molecular weight excluding hydrogens is 252 g/mol. The standard InChI is InChI=1S/C16H30N2O2/c1-11(19)18(13(20)14(2,3)4)12-9-15(5,6)17-16(7,8)10-12/h12,17H,9-10H2,1-8H3. The van der Waals surface area contributed by atoms with Gasteiger partial charge in [0.2, 0.25) is 11.8 Å². The molecule has 0 aromatic carbocycles. The zero-order valence-electron chi connectivity index (χ0n) is 14.3. The SMILES string of the molecule is CC(=O)N(C(=O)C(C)(C)C)C1CC(C)(C)NC(C)(C)C1. The lowest BCUT2D eigenvalue weighted by atomic mass is 9.78. The summed E-state index contributed by atoms with van der Waals surface area (Å²) in [5.74, 6) is -0.230. The van der Waals surface area contributed by atoms with Crippen molar-refractivity contribution in [2.45, 2.75) is 85.4 Å². The summed E-state index contributed by atoms with van der Waals surface area (Å²) in [7, 11) is 0. The van der Waals surface area contributed by atoms with E-state index in [0.29, 0.717) is 0 Å². The molecule has 1 saturated heterocycles. The molecule has 20 heavy (non-hydrogen) atoms. The van der Waals surface area contributed by atoms with Crippen LogP contribution in [-0.4, -0.2) is 33.8 Å². The number of amides is 2. The van der Waals surface area contributed by atoms with Crippen LogP contribution in [0.25, 0.3) is 0 Å². The van der Waals surface area contributed by atoms with Crippen molar-refractivity contribution in [2.75, 3.05) is 0 Å². The highest BCUT2D eigenvalue weighted by Gasteiger charge is 2.44. The lowest BCUT2D eigenvalue weighted by Crippen LogP contribution is -2.64. The summed E-state index contributed by atoms with van der Waals surface area (Å²) < 4.78 is 0. The maximum atomic E-state index is 12.6. The Kier molecular flexibility index (Phi) is 4.41. The van der Waals surface area contributed by atoms with Gasteiger partial charge in [-0.25, -0.2) is 0 Å². The van der Waals surface area contributed by atoms with Crippen molar-refractivity contribution in [1.29, 1.82) is 0 Å². The highest BCUT2D eigenvalue weighted by Crippen LogP contribution is 2.33. The maximum Gasteiger partial charge on any atom is 0.234 e. The van der Waals surface area contributed by atoms with E-state index >= 15 is 0 Å². The van der Waals surface area contributed by atoms with E-state index in [0.717, 1.165) is 12.8 Å². The molecule has 0 spiro atoms. The van der Waals surface area contributed by atoms with Gasteiger partial charge < -0.3 is 5.32 Å². The molecule has 2 amide bonds. The second-order valence-corrected chi connectivity index (χ2v) is 8.40. The molecule has 0 radical (unpaired) electrons. The van der Waals surface area contributed by atoms with Crippen LogP contribution in [-0.2, 0) is 9.59 Å². The molecule has 0 aromatic rings. The molecule has 4 nitrogen and oxygen atoms in total. The molecule has 1 aliphatic heterocycles. The lowest BCUT2D eigenvalue weighted by molar-refractivity contribution is -0.154. The molecule has 0 saturated carbocycles. The number of nitrogens with one attached hydrogen (secondary N) is 1. The first-order chi connectivity index (χ1) is 8.75. The number of nitrogens with zero attached hydrogens (tertiary/aromatic N) is 1. The summed E-state index contributed by atoms with van der Waals surface area (Å²) in [6.45, 7) is 15.6. The quantitative estimate of drug-likeness (QED) is 0.804. The summed E-state index contributed by atoms with van der Waals surface area (Å²) in [5, 5.41) is 3.58. The van der Waals surface area contributed by atoms with Gasteiger partial charge in [-0.3, -0.25) is 14.5 Å². The van der Waals surface area contributed by atoms with Crippen LogP contribution in [0.5, 0.6) is 0 Å². The minimum atomic E-state index is -0.537. The van der Waals surface area contributed by atoms with Crippen LogP contribution in [0.2, 0.25) is 0 Å². The topological polar surface area (TPSA) is 49.4 Å². The summed E-state index contributed by atoms with van der Waals surface area (Å²) in [5.41, 5.74) is -0.707. The first kappa shape index (κ1) is 17.2. The van der Waals surface area contributed by atoms with E-state index in [1.807, 2.05) is 20.8 Å². The van der Waals surface area contributed by atoms with E-state index in [-0.39, 0.29) is 28.9 Å². The zero-order valence-corrected chi connectivity index (χ0v) is 14.3. The van der Waals surface area contributed by atoms with E-state index in [4.69, 9.17) is 0 Å². The van der Waals surface area contributed by atoms with Gasteiger partial charge >= 0.3 is 0 Å². The second kappa shape index (κ2) is 5.14. The Morgan fingerprint density at radius 3 is 1.75 bits per heavy atom. The van der Waals surface area contributed by atoms with Gasteiger partial charge in [0.05, 0.1) is 0 Å². The van der Waals surface area contributed by atoms with Crippen LogP contribution in [0, 0.1) is 5.41 Å². The average Bonchev–Trinajstić information content (AvgIpc) is 2.09. The molecule has 1 heterocycles. The third kappa shape index (κ3) is 4.05. The normalized spacial score (nSPS) is 22.4. The summed E-state index contributed by atoms with van der Waals surface area (Å²) in [6.07, 6.45) is 1.58. The zero-order chi connectivity index (χ0) is 15.9. The largest absolute Gasteiger partial charge is 0.307 e. The van der Waals surface area contributed by atoms with E-state index in [2.05, 4.69) is 33.0 Å². The van der Waals surface area contributed by atoms with Gasteiger partial charge in [-0.1, -0.05) is 20.8 Å². The molecular formula is C16H30N2O2. The molecule has 0 bridgehead atoms. The van der Waals surface area contributed by atoms with Gasteiger partial charge in [-0.2, -0.15) is 0 Å². The molecule has 1 fully saturated rings. The minimum Gasteiger partial charge on any atom is -0.307 e. The Balaban J connectivity index is 3.10. The van der Waals surface area contributed by atoms with E-state index in [9.17, 15) is 9.59 Å². The van der Waals surface area contributed by atoms with Gasteiger partial charge in [-0.05, 0) is 40.5 Å². The fourth-order valence-electron chi connectivity index (χ4n) is 3.38. The van der Waals surface area contributed by atoms with Crippen molar-refractivity contribution in [3.05, 3.63) is 0 Å². The highest BCUT2D eigenvalue weighted by atomic mass is 16.2. The van der Waals surface area contributed by atoms with E-state index in [1.165, 1.54) is 11.8 Å². The lowest BCUT2D eigenvalue weighted by Gasteiger charge is -2.49. The van der Waals surface area contributed by atoms with Crippen LogP contribution in [0.3, 0.4) is 0 Å². The van der Waals surface area contributed by atoms with Crippen LogP contribution < -0.4 is 5.32 Å². The number of imide groups is 1. The fourth-order valence-corrected chi connectivity index (χ4v) is 3.38. The van der Waals surface area contributed by atoms with Gasteiger partial charge in [0, 0.05) is 29.5 Å². The maximum absolute atomic E-state index is 12.6. The third-order valence-electron chi connectivity index (χ3n) is 3.73. The first-order valence-corrected chi connectivity index (χ1v) is 7.39. The van der Waals surface area contributed by atoms with E-state index < -0.39 is 5.41 Å². The third-order valence-corrected chi connectivity index (χ3v) is 3.73. The van der Waals surface area contributed by atoms with Crippen LogP contribution in [0.15, 0.2) is 0 Å². The molecule has 0 aromatic heterocycles. The molecule has 0 aliphatic carbocycles. The average molecular weight is 282 g/mol. The number of piperidine rings is 1. The first-order valence-electron chi connectivity index (χ1n) is 7.39. The smallest absolute Gasteiger partial charge is 0.234 e. The van der Waals surface area contributed by atoms with Crippen LogP contribution in [0.4, 0.5) is 0 Å². The van der Waals surface area contributed by atoms with Crippen molar-refractivity contribution in [3.8, 4) is 0 Å². The van der Waals surface area contributed by atoms with Crippen molar-refractivity contribution in [1.82, 2.24) is 10.2 Å². The van der Waals surface area contributed by atoms with Crippen molar-refractivity contribution in [2.24, 2.45) is 5.41 Å². The molecule has 116 valence electrons. The van der Waals surface area contributed by atoms with Gasteiger partial charge in [-0.15, -0.1) is 0 Å². The van der Waals surface area contributed by atoms with Crippen molar-refractivity contribution in [3.63, 3.8) is 0 Å².